The molecule has 0 fully saturated rings. The Morgan fingerprint density at radius 1 is 0.862 bits per heavy atom. The molecule has 1 aliphatic carbocycles. The predicted molar refractivity (Wildman–Crippen MR) is 228 cm³/mol. The second kappa shape index (κ2) is 19.9. The molecule has 4 aromatic carbocycles. The number of amides is 1. The number of nitriles is 1. The maximum Gasteiger partial charge on any atom is 0.273 e. The van der Waals surface area contributed by atoms with Gasteiger partial charge in [-0.3, -0.25) is 19.2 Å². The molecular formula is C45H53N5O7P+. The van der Waals surface area contributed by atoms with E-state index in [0.29, 0.717) is 29.9 Å². The van der Waals surface area contributed by atoms with E-state index in [0.717, 1.165) is 22.5 Å². The third-order valence-corrected chi connectivity index (χ3v) is 11.9. The SMILES string of the molecule is Cc1ccc(Nc2ccc(Nc3ccc(C)cc3)c3c2C(=O)c2ccc(N(C=O)CCCC(=O)CC(O)COP[N+](OCCC#N)(C(C)C)C(C)C)cc2C3=O)cc1. The molecule has 0 radical (unpaired) electrons. The van der Waals surface area contributed by atoms with Crippen LogP contribution >= 0.6 is 8.96 Å². The normalized spacial score (nSPS) is 13.0. The van der Waals surface area contributed by atoms with Crippen LogP contribution in [0.5, 0.6) is 0 Å². The number of Topliss-reactive ketones (excluding diaryl/α,β-unsaturated/α-hetero) is 1. The van der Waals surface area contributed by atoms with Crippen molar-refractivity contribution < 1.29 is 38.1 Å². The lowest BCUT2D eigenvalue weighted by molar-refractivity contribution is -1.04. The van der Waals surface area contributed by atoms with Crippen molar-refractivity contribution in [3.05, 3.63) is 112 Å². The first-order valence-corrected chi connectivity index (χ1v) is 20.4. The first-order chi connectivity index (χ1) is 27.8. The molecule has 0 heterocycles. The fraction of sp³-hybridized carbons (Fsp3) is 0.356. The smallest absolute Gasteiger partial charge is 0.273 e. The highest BCUT2D eigenvalue weighted by Crippen LogP contribution is 2.41. The van der Waals surface area contributed by atoms with Crippen molar-refractivity contribution in [3.8, 4) is 6.07 Å². The first-order valence-electron chi connectivity index (χ1n) is 19.6. The zero-order chi connectivity index (χ0) is 42.0. The largest absolute Gasteiger partial charge is 0.390 e. The molecule has 0 bridgehead atoms. The molecule has 0 spiro atoms. The van der Waals surface area contributed by atoms with Gasteiger partial charge in [-0.05, 0) is 103 Å². The fourth-order valence-corrected chi connectivity index (χ4v) is 7.99. The van der Waals surface area contributed by atoms with Crippen LogP contribution in [-0.4, -0.2) is 71.2 Å². The summed E-state index contributed by atoms with van der Waals surface area (Å²) >= 11 is 0. The molecule has 58 heavy (non-hydrogen) atoms. The third kappa shape index (κ3) is 10.4. The maximum absolute atomic E-state index is 14.5. The van der Waals surface area contributed by atoms with E-state index in [-0.39, 0.29) is 104 Å². The van der Waals surface area contributed by atoms with Gasteiger partial charge in [0.15, 0.2) is 11.6 Å². The lowest BCUT2D eigenvalue weighted by atomic mass is 9.81. The number of hydroxylamine groups is 2. The molecule has 1 aliphatic rings. The zero-order valence-electron chi connectivity index (χ0n) is 34.0. The van der Waals surface area contributed by atoms with Crippen molar-refractivity contribution in [2.75, 3.05) is 35.3 Å². The number of hydrogen-bond acceptors (Lipinski definition) is 10. The predicted octanol–water partition coefficient (Wildman–Crippen LogP) is 8.63. The van der Waals surface area contributed by atoms with E-state index in [4.69, 9.17) is 14.6 Å². The average Bonchev–Trinajstić information content (AvgIpc) is 3.19. The summed E-state index contributed by atoms with van der Waals surface area (Å²) in [4.78, 5) is 61.5. The van der Waals surface area contributed by atoms with Crippen LogP contribution in [0, 0.1) is 25.2 Å². The zero-order valence-corrected chi connectivity index (χ0v) is 35.0. The second-order valence-electron chi connectivity index (χ2n) is 15.1. The number of hydrogen-bond donors (Lipinski definition) is 3. The van der Waals surface area contributed by atoms with Crippen molar-refractivity contribution in [1.29, 1.82) is 5.26 Å². The van der Waals surface area contributed by atoms with Gasteiger partial charge in [0, 0.05) is 47.6 Å². The standard InChI is InChI=1S/C45H52N5O7P/c1-29(2)50(30(3)4,56-24-8-22-46)58-57-27-37(53)26-36(52)9-7-23-49(28-51)35-18-19-38-39(25-35)45(55)43-41(48-34-16-12-32(6)13-17-34)21-20-40(42(43)44(38)54)47-33-14-10-31(5)11-15-33/h10-21,25,28-30,37,53,58H,7-9,23-24,26-27H2,1-6H3,(H-,47,48,54,55)/p+1. The van der Waals surface area contributed by atoms with E-state index in [1.807, 2.05) is 90.1 Å². The molecule has 1 amide bonds. The molecule has 2 unspecified atom stereocenters. The number of anilines is 5. The van der Waals surface area contributed by atoms with Gasteiger partial charge in [0.25, 0.3) is 8.96 Å². The Morgan fingerprint density at radius 2 is 1.41 bits per heavy atom. The van der Waals surface area contributed by atoms with E-state index < -0.39 is 6.10 Å². The molecule has 0 aliphatic heterocycles. The minimum atomic E-state index is -1.02. The molecule has 12 nitrogen and oxygen atoms in total. The summed E-state index contributed by atoms with van der Waals surface area (Å²) in [5.74, 6) is -0.872. The molecule has 0 saturated heterocycles. The molecular weight excluding hydrogens is 753 g/mol. The minimum Gasteiger partial charge on any atom is -0.390 e. The number of nitrogens with zero attached hydrogens (tertiary/aromatic N) is 3. The Morgan fingerprint density at radius 3 is 1.93 bits per heavy atom. The highest BCUT2D eigenvalue weighted by Gasteiger charge is 2.39. The minimum absolute atomic E-state index is 0.0409. The Hall–Kier alpha value is -5.28. The highest BCUT2D eigenvalue weighted by molar-refractivity contribution is 7.25. The number of benzene rings is 4. The molecule has 3 N–H and O–H groups in total. The number of aliphatic hydroxyl groups is 1. The van der Waals surface area contributed by atoms with E-state index >= 15 is 0 Å². The summed E-state index contributed by atoms with van der Waals surface area (Å²) in [5, 5.41) is 26.2. The highest BCUT2D eigenvalue weighted by atomic mass is 31.1. The van der Waals surface area contributed by atoms with Gasteiger partial charge in [-0.1, -0.05) is 35.4 Å². The molecule has 304 valence electrons. The Bertz CT molecular complexity index is 2140. The molecule has 5 rings (SSSR count). The Labute approximate surface area is 342 Å². The van der Waals surface area contributed by atoms with Crippen LogP contribution in [0.4, 0.5) is 28.4 Å². The van der Waals surface area contributed by atoms with Gasteiger partial charge in [-0.15, -0.1) is 4.42 Å². The number of carbonyl (C=O) groups is 4. The monoisotopic (exact) mass is 806 g/mol. The van der Waals surface area contributed by atoms with Crippen molar-refractivity contribution in [1.82, 2.24) is 0 Å². The van der Waals surface area contributed by atoms with E-state index in [9.17, 15) is 24.3 Å². The third-order valence-electron chi connectivity index (χ3n) is 10.1. The topological polar surface area (TPSA) is 158 Å². The van der Waals surface area contributed by atoms with Crippen molar-refractivity contribution >= 4 is 61.2 Å². The molecule has 0 saturated carbocycles. The molecule has 4 aromatic rings. The molecule has 2 atom stereocenters. The Kier molecular flexibility index (Phi) is 15.1. The van der Waals surface area contributed by atoms with Crippen molar-refractivity contribution in [3.63, 3.8) is 0 Å². The van der Waals surface area contributed by atoms with E-state index in [1.165, 1.54) is 4.90 Å². The maximum atomic E-state index is 14.5. The van der Waals surface area contributed by atoms with Crippen LogP contribution in [0.1, 0.15) is 96.3 Å². The van der Waals surface area contributed by atoms with Gasteiger partial charge >= 0.3 is 0 Å². The lowest BCUT2D eigenvalue weighted by Crippen LogP contribution is -2.51. The van der Waals surface area contributed by atoms with Crippen LogP contribution in [-0.2, 0) is 19.0 Å². The number of fused-ring (bicyclic) bond motifs is 2. The lowest BCUT2D eigenvalue weighted by Gasteiger charge is -2.40. The number of ketones is 3. The van der Waals surface area contributed by atoms with Gasteiger partial charge in [0.1, 0.15) is 24.5 Å². The van der Waals surface area contributed by atoms with Gasteiger partial charge < -0.3 is 25.2 Å². The fourth-order valence-electron chi connectivity index (χ4n) is 6.95. The molecule has 0 aromatic heterocycles. The summed E-state index contributed by atoms with van der Waals surface area (Å²) < 4.78 is 6.05. The second-order valence-corrected chi connectivity index (χ2v) is 16.3. The van der Waals surface area contributed by atoms with E-state index in [1.54, 1.807) is 30.3 Å². The van der Waals surface area contributed by atoms with Crippen LogP contribution in [0.3, 0.4) is 0 Å². The summed E-state index contributed by atoms with van der Waals surface area (Å²) in [5.41, 5.74) is 5.96. The van der Waals surface area contributed by atoms with Crippen molar-refractivity contribution in [2.24, 2.45) is 0 Å². The van der Waals surface area contributed by atoms with Crippen LogP contribution in [0.2, 0.25) is 0 Å². The Balaban J connectivity index is 1.27. The van der Waals surface area contributed by atoms with Crippen LogP contribution < -0.4 is 15.5 Å². The summed E-state index contributed by atoms with van der Waals surface area (Å²) in [6, 6.07) is 26.0. The summed E-state index contributed by atoms with van der Waals surface area (Å²) in [7, 11) is -0.154. The number of aryl methyl sites for hydroxylation is 2. The van der Waals surface area contributed by atoms with Gasteiger partial charge in [0.2, 0.25) is 6.41 Å². The number of carbonyl (C=O) groups excluding carboxylic acids is 4. The summed E-state index contributed by atoms with van der Waals surface area (Å²) in [6.45, 7) is 12.4. The van der Waals surface area contributed by atoms with Crippen molar-refractivity contribution in [2.45, 2.75) is 85.4 Å². The number of nitrogens with one attached hydrogen (secondary N) is 2. The first kappa shape index (κ1) is 43.8. The van der Waals surface area contributed by atoms with E-state index in [2.05, 4.69) is 16.7 Å². The van der Waals surface area contributed by atoms with Crippen LogP contribution in [0.15, 0.2) is 78.9 Å². The van der Waals surface area contributed by atoms with Gasteiger partial charge in [-0.2, -0.15) is 10.1 Å². The quantitative estimate of drug-likeness (QED) is 0.0284. The number of aliphatic hydroxyl groups excluding tert-OH is 1. The van der Waals surface area contributed by atoms with Gasteiger partial charge in [0.05, 0.1) is 47.7 Å². The summed E-state index contributed by atoms with van der Waals surface area (Å²) in [6.07, 6.45) is 0.180. The van der Waals surface area contributed by atoms with Crippen LogP contribution in [0.25, 0.3) is 0 Å². The molecule has 13 heteroatoms. The number of quaternary nitrogens is 1. The van der Waals surface area contributed by atoms with Gasteiger partial charge in [-0.25, -0.2) is 0 Å². The number of rotatable bonds is 21. The average molecular weight is 807 g/mol.